The lowest BCUT2D eigenvalue weighted by atomic mass is 9.82. The molecule has 0 aliphatic carbocycles. The van der Waals surface area contributed by atoms with Gasteiger partial charge >= 0.3 is 0 Å². The van der Waals surface area contributed by atoms with Crippen molar-refractivity contribution < 1.29 is 39.6 Å². The Labute approximate surface area is 306 Å². The number of phenolic OH excluding ortho intramolecular Hbond substituents is 4. The number of hydrogen-bond acceptors (Lipinski definition) is 8. The minimum Gasteiger partial charge on any atom is -0.507 e. The molecule has 0 aromatic heterocycles. The Morgan fingerprint density at radius 2 is 0.755 bits per heavy atom. The highest BCUT2D eigenvalue weighted by Crippen LogP contribution is 2.49. The summed E-state index contributed by atoms with van der Waals surface area (Å²) in [6.45, 7) is 6.96. The summed E-state index contributed by atoms with van der Waals surface area (Å²) < 4.78 is 0. The van der Waals surface area contributed by atoms with Gasteiger partial charge in [-0.2, -0.15) is 0 Å². The van der Waals surface area contributed by atoms with Crippen molar-refractivity contribution in [2.75, 3.05) is 0 Å². The summed E-state index contributed by atoms with van der Waals surface area (Å²) in [6, 6.07) is 29.8. The fourth-order valence-electron chi connectivity index (χ4n) is 6.41. The first-order chi connectivity index (χ1) is 25.3. The second-order valence-corrected chi connectivity index (χ2v) is 13.1. The number of carbonyl (C=O) groups excluding carboxylic acids is 4. The summed E-state index contributed by atoms with van der Waals surface area (Å²) in [4.78, 5) is 55.8. The van der Waals surface area contributed by atoms with Gasteiger partial charge in [-0.25, -0.2) is 0 Å². The highest BCUT2D eigenvalue weighted by Gasteiger charge is 2.34. The monoisotopic (exact) mass is 704 g/mol. The van der Waals surface area contributed by atoms with Gasteiger partial charge in [0, 0.05) is 39.3 Å². The largest absolute Gasteiger partial charge is 0.507 e. The summed E-state index contributed by atoms with van der Waals surface area (Å²) in [5.74, 6) is -6.92. The van der Waals surface area contributed by atoms with E-state index in [1.165, 1.54) is 31.2 Å². The van der Waals surface area contributed by atoms with Gasteiger partial charge in [0.05, 0.1) is 22.3 Å². The van der Waals surface area contributed by atoms with E-state index < -0.39 is 52.0 Å². The molecule has 0 heterocycles. The molecule has 264 valence electrons. The Hall–Kier alpha value is -6.80. The van der Waals surface area contributed by atoms with Crippen molar-refractivity contribution in [2.24, 2.45) is 0 Å². The Bertz CT molecular complexity index is 2350. The van der Waals surface area contributed by atoms with Gasteiger partial charge in [0.1, 0.15) is 23.0 Å². The fourth-order valence-corrected chi connectivity index (χ4v) is 6.41. The van der Waals surface area contributed by atoms with Crippen LogP contribution in [-0.2, 0) is 0 Å². The smallest absolute Gasteiger partial charge is 0.196 e. The number of carbonyl (C=O) groups is 4. The number of hydrogen-bond donors (Lipinski definition) is 4. The second-order valence-electron chi connectivity index (χ2n) is 13.1. The van der Waals surface area contributed by atoms with Gasteiger partial charge in [0.2, 0.25) is 0 Å². The molecule has 53 heavy (non-hydrogen) atoms. The van der Waals surface area contributed by atoms with Crippen LogP contribution in [0.25, 0.3) is 0 Å². The van der Waals surface area contributed by atoms with Crippen LogP contribution in [0.5, 0.6) is 23.0 Å². The van der Waals surface area contributed by atoms with Crippen LogP contribution in [0.1, 0.15) is 104 Å². The van der Waals surface area contributed by atoms with Crippen molar-refractivity contribution in [1.29, 1.82) is 0 Å². The normalized spacial score (nSPS) is 11.5. The van der Waals surface area contributed by atoms with Gasteiger partial charge in [0.25, 0.3) is 0 Å². The summed E-state index contributed by atoms with van der Waals surface area (Å²) in [7, 11) is 0. The molecule has 1 atom stereocenters. The molecular weight excluding hydrogens is 668 g/mol. The van der Waals surface area contributed by atoms with Crippen molar-refractivity contribution in [3.63, 3.8) is 0 Å². The first-order valence-electron chi connectivity index (χ1n) is 16.9. The maximum Gasteiger partial charge on any atom is 0.196 e. The molecule has 0 spiro atoms. The molecule has 0 aliphatic rings. The number of rotatable bonds is 10. The Kier molecular flexibility index (Phi) is 9.81. The van der Waals surface area contributed by atoms with Crippen LogP contribution < -0.4 is 0 Å². The minimum absolute atomic E-state index is 0.183. The Morgan fingerprint density at radius 3 is 1.13 bits per heavy atom. The Morgan fingerprint density at radius 1 is 0.415 bits per heavy atom. The predicted molar refractivity (Wildman–Crippen MR) is 201 cm³/mol. The van der Waals surface area contributed by atoms with Crippen molar-refractivity contribution in [1.82, 2.24) is 0 Å². The molecule has 1 unspecified atom stereocenters. The zero-order valence-corrected chi connectivity index (χ0v) is 29.5. The number of aryl methyl sites for hydroxylation is 3. The molecule has 0 fully saturated rings. The second kappa shape index (κ2) is 14.4. The molecular formula is C45H36O8. The standard InChI is InChI=1S/C45H36O8/c1-24-15-18-30(19-16-24)40(48)34-23-35(41(49)31-20-17-25(2)26(3)21-31)45(53)37(44(34)52)27(4)36-42(50)32(38(46)28-11-7-5-8-12-28)22-33(43(36)51)39(47)29-13-9-6-10-14-29/h5-23,27,50-53H,1-4H3. The van der Waals surface area contributed by atoms with E-state index in [0.29, 0.717) is 0 Å². The van der Waals surface area contributed by atoms with Crippen LogP contribution in [-0.4, -0.2) is 43.6 Å². The molecule has 0 radical (unpaired) electrons. The average Bonchev–Trinajstić information content (AvgIpc) is 3.16. The molecule has 0 saturated carbocycles. The fraction of sp³-hybridized carbons (Fsp3) is 0.111. The number of ketones is 4. The van der Waals surface area contributed by atoms with E-state index in [1.807, 2.05) is 20.8 Å². The predicted octanol–water partition coefficient (Wildman–Crippen LogP) is 8.51. The third-order valence-corrected chi connectivity index (χ3v) is 9.62. The van der Waals surface area contributed by atoms with Crippen molar-refractivity contribution in [3.05, 3.63) is 188 Å². The van der Waals surface area contributed by atoms with Gasteiger partial charge in [-0.15, -0.1) is 0 Å². The van der Waals surface area contributed by atoms with Crippen molar-refractivity contribution in [3.8, 4) is 23.0 Å². The summed E-state index contributed by atoms with van der Waals surface area (Å²) in [6.07, 6.45) is 0. The van der Waals surface area contributed by atoms with E-state index in [2.05, 4.69) is 0 Å². The Balaban J connectivity index is 1.63. The maximum absolute atomic E-state index is 14.1. The zero-order chi connectivity index (χ0) is 38.1. The molecule has 8 heteroatoms. The zero-order valence-electron chi connectivity index (χ0n) is 29.5. The molecule has 8 nitrogen and oxygen atoms in total. The highest BCUT2D eigenvalue weighted by molar-refractivity contribution is 6.17. The van der Waals surface area contributed by atoms with Crippen LogP contribution >= 0.6 is 0 Å². The third kappa shape index (κ3) is 6.70. The van der Waals surface area contributed by atoms with Gasteiger partial charge in [0.15, 0.2) is 23.1 Å². The van der Waals surface area contributed by atoms with Crippen molar-refractivity contribution >= 4 is 23.1 Å². The van der Waals surface area contributed by atoms with E-state index in [-0.39, 0.29) is 55.6 Å². The molecule has 0 bridgehead atoms. The first kappa shape index (κ1) is 36.0. The molecule has 6 aromatic rings. The highest BCUT2D eigenvalue weighted by atomic mass is 16.3. The molecule has 6 rings (SSSR count). The minimum atomic E-state index is -1.40. The van der Waals surface area contributed by atoms with E-state index in [9.17, 15) is 39.6 Å². The van der Waals surface area contributed by atoms with Crippen LogP contribution in [0.15, 0.2) is 115 Å². The molecule has 0 amide bonds. The van der Waals surface area contributed by atoms with E-state index in [0.717, 1.165) is 28.8 Å². The quantitative estimate of drug-likeness (QED) is 0.104. The maximum atomic E-state index is 14.1. The SMILES string of the molecule is Cc1ccc(C(=O)c2cc(C(=O)c3ccc(C)c(C)c3)c(O)c(C(C)c3c(O)c(C(=O)c4ccccc4)cc(C(=O)c4ccccc4)c3O)c2O)cc1. The first-order valence-corrected chi connectivity index (χ1v) is 16.9. The average molecular weight is 705 g/mol. The molecule has 0 aliphatic heterocycles. The topological polar surface area (TPSA) is 149 Å². The molecule has 0 saturated heterocycles. The number of benzene rings is 6. The van der Waals surface area contributed by atoms with Crippen LogP contribution in [0, 0.1) is 20.8 Å². The van der Waals surface area contributed by atoms with E-state index >= 15 is 0 Å². The van der Waals surface area contributed by atoms with Gasteiger partial charge in [-0.05, 0) is 50.1 Å². The lowest BCUT2D eigenvalue weighted by molar-refractivity contribution is 0.102. The lowest BCUT2D eigenvalue weighted by Gasteiger charge is -2.23. The number of aromatic hydroxyl groups is 4. The van der Waals surface area contributed by atoms with Crippen LogP contribution in [0.2, 0.25) is 0 Å². The summed E-state index contributed by atoms with van der Waals surface area (Å²) in [5.41, 5.74) is 1.32. The summed E-state index contributed by atoms with van der Waals surface area (Å²) >= 11 is 0. The van der Waals surface area contributed by atoms with Crippen molar-refractivity contribution in [2.45, 2.75) is 33.6 Å². The van der Waals surface area contributed by atoms with Gasteiger partial charge < -0.3 is 20.4 Å². The third-order valence-electron chi connectivity index (χ3n) is 9.62. The summed E-state index contributed by atoms with van der Waals surface area (Å²) in [5, 5.41) is 47.3. The van der Waals surface area contributed by atoms with Crippen LogP contribution in [0.4, 0.5) is 0 Å². The van der Waals surface area contributed by atoms with Gasteiger partial charge in [-0.3, -0.25) is 19.2 Å². The molecule has 6 aromatic carbocycles. The molecule has 4 N–H and O–H groups in total. The van der Waals surface area contributed by atoms with Gasteiger partial charge in [-0.1, -0.05) is 110 Å². The number of phenols is 4. The van der Waals surface area contributed by atoms with Crippen LogP contribution in [0.3, 0.4) is 0 Å². The lowest BCUT2D eigenvalue weighted by Crippen LogP contribution is -2.13. The van der Waals surface area contributed by atoms with E-state index in [1.54, 1.807) is 78.9 Å². The van der Waals surface area contributed by atoms with E-state index in [4.69, 9.17) is 0 Å².